The van der Waals surface area contributed by atoms with E-state index in [9.17, 15) is 9.50 Å². The molecule has 0 bridgehead atoms. The zero-order chi connectivity index (χ0) is 15.4. The zero-order valence-electron chi connectivity index (χ0n) is 12.1. The van der Waals surface area contributed by atoms with Gasteiger partial charge in [-0.25, -0.2) is 4.39 Å². The van der Waals surface area contributed by atoms with Crippen molar-refractivity contribution in [3.05, 3.63) is 53.3 Å². The van der Waals surface area contributed by atoms with Crippen molar-refractivity contribution in [2.45, 2.75) is 6.10 Å². The van der Waals surface area contributed by atoms with Crippen LogP contribution in [0.1, 0.15) is 17.2 Å². The van der Waals surface area contributed by atoms with Crippen molar-refractivity contribution < 1.29 is 23.7 Å². The third-order valence-corrected chi connectivity index (χ3v) is 3.21. The maximum atomic E-state index is 14.1. The molecule has 2 aromatic rings. The molecule has 21 heavy (non-hydrogen) atoms. The van der Waals surface area contributed by atoms with Crippen molar-refractivity contribution in [3.63, 3.8) is 0 Å². The Kier molecular flexibility index (Phi) is 4.65. The average molecular weight is 292 g/mol. The average Bonchev–Trinajstić information content (AvgIpc) is 2.53. The van der Waals surface area contributed by atoms with E-state index in [0.29, 0.717) is 17.1 Å². The van der Waals surface area contributed by atoms with Crippen LogP contribution in [-0.2, 0) is 0 Å². The molecule has 2 rings (SSSR count). The largest absolute Gasteiger partial charge is 0.497 e. The first-order valence-electron chi connectivity index (χ1n) is 6.34. The fraction of sp³-hybridized carbons (Fsp3) is 0.250. The smallest absolute Gasteiger partial charge is 0.163 e. The van der Waals surface area contributed by atoms with Gasteiger partial charge < -0.3 is 19.3 Å². The Morgan fingerprint density at radius 1 is 0.952 bits per heavy atom. The molecule has 0 saturated carbocycles. The quantitative estimate of drug-likeness (QED) is 0.920. The third-order valence-electron chi connectivity index (χ3n) is 3.21. The molecule has 0 amide bonds. The molecular formula is C16H17FO4. The van der Waals surface area contributed by atoms with Gasteiger partial charge in [-0.15, -0.1) is 0 Å². The van der Waals surface area contributed by atoms with E-state index in [1.54, 1.807) is 24.3 Å². The number of hydrogen-bond acceptors (Lipinski definition) is 4. The number of rotatable bonds is 5. The number of aliphatic hydroxyl groups excluding tert-OH is 1. The zero-order valence-corrected chi connectivity index (χ0v) is 12.1. The molecule has 5 heteroatoms. The van der Waals surface area contributed by atoms with Crippen LogP contribution in [0.25, 0.3) is 0 Å². The summed E-state index contributed by atoms with van der Waals surface area (Å²) in [6.07, 6.45) is -1.13. The van der Waals surface area contributed by atoms with E-state index >= 15 is 0 Å². The van der Waals surface area contributed by atoms with E-state index in [4.69, 9.17) is 14.2 Å². The van der Waals surface area contributed by atoms with Crippen molar-refractivity contribution in [2.24, 2.45) is 0 Å². The Hall–Kier alpha value is -2.27. The van der Waals surface area contributed by atoms with Gasteiger partial charge in [0.05, 0.1) is 21.3 Å². The summed E-state index contributed by atoms with van der Waals surface area (Å²) in [6, 6.07) is 9.46. The molecular weight excluding hydrogens is 275 g/mol. The minimum absolute atomic E-state index is 0.112. The second-order valence-electron chi connectivity index (χ2n) is 4.41. The van der Waals surface area contributed by atoms with Gasteiger partial charge in [-0.3, -0.25) is 0 Å². The van der Waals surface area contributed by atoms with E-state index in [1.807, 2.05) is 0 Å². The predicted molar refractivity (Wildman–Crippen MR) is 76.6 cm³/mol. The van der Waals surface area contributed by atoms with E-state index in [2.05, 4.69) is 0 Å². The van der Waals surface area contributed by atoms with Crippen LogP contribution >= 0.6 is 0 Å². The number of halogens is 1. The second-order valence-corrected chi connectivity index (χ2v) is 4.41. The number of hydrogen-bond donors (Lipinski definition) is 1. The third kappa shape index (κ3) is 3.08. The van der Waals surface area contributed by atoms with Crippen molar-refractivity contribution in [1.29, 1.82) is 0 Å². The SMILES string of the molecule is COc1cccc(C(O)c2cc(OC)c(OC)cc2F)c1. The summed E-state index contributed by atoms with van der Waals surface area (Å²) >= 11 is 0. The fourth-order valence-electron chi connectivity index (χ4n) is 2.07. The monoisotopic (exact) mass is 292 g/mol. The lowest BCUT2D eigenvalue weighted by Crippen LogP contribution is -2.04. The Balaban J connectivity index is 2.44. The summed E-state index contributed by atoms with van der Waals surface area (Å²) in [5.41, 5.74) is 0.640. The molecule has 0 saturated heterocycles. The van der Waals surface area contributed by atoms with E-state index < -0.39 is 11.9 Å². The maximum absolute atomic E-state index is 14.1. The summed E-state index contributed by atoms with van der Waals surface area (Å²) in [4.78, 5) is 0. The minimum atomic E-state index is -1.13. The highest BCUT2D eigenvalue weighted by Crippen LogP contribution is 2.35. The van der Waals surface area contributed by atoms with Crippen molar-refractivity contribution in [3.8, 4) is 17.2 Å². The Morgan fingerprint density at radius 3 is 2.24 bits per heavy atom. The molecule has 1 unspecified atom stereocenters. The molecule has 4 nitrogen and oxygen atoms in total. The highest BCUT2D eigenvalue weighted by atomic mass is 19.1. The van der Waals surface area contributed by atoms with E-state index in [-0.39, 0.29) is 11.3 Å². The Labute approximate surface area is 122 Å². The van der Waals surface area contributed by atoms with Crippen LogP contribution in [-0.4, -0.2) is 26.4 Å². The molecule has 1 atom stereocenters. The molecule has 0 spiro atoms. The number of aliphatic hydroxyl groups is 1. The van der Waals surface area contributed by atoms with Gasteiger partial charge in [0.2, 0.25) is 0 Å². The van der Waals surface area contributed by atoms with Crippen molar-refractivity contribution in [2.75, 3.05) is 21.3 Å². The number of methoxy groups -OCH3 is 3. The van der Waals surface area contributed by atoms with Gasteiger partial charge in [0.25, 0.3) is 0 Å². The van der Waals surface area contributed by atoms with Gasteiger partial charge in [0, 0.05) is 11.6 Å². The fourth-order valence-corrected chi connectivity index (χ4v) is 2.07. The van der Waals surface area contributed by atoms with Crippen molar-refractivity contribution >= 4 is 0 Å². The Bertz CT molecular complexity index is 628. The molecule has 1 N–H and O–H groups in total. The molecule has 0 radical (unpaired) electrons. The summed E-state index contributed by atoms with van der Waals surface area (Å²) in [7, 11) is 4.41. The van der Waals surface area contributed by atoms with E-state index in [0.717, 1.165) is 0 Å². The second kappa shape index (κ2) is 6.45. The molecule has 0 heterocycles. The van der Waals surface area contributed by atoms with Gasteiger partial charge in [-0.2, -0.15) is 0 Å². The van der Waals surface area contributed by atoms with E-state index in [1.165, 1.54) is 33.5 Å². The molecule has 0 aromatic heterocycles. The molecule has 0 aliphatic rings. The summed E-state index contributed by atoms with van der Waals surface area (Å²) in [6.45, 7) is 0. The van der Waals surface area contributed by atoms with Crippen LogP contribution in [0.3, 0.4) is 0 Å². The lowest BCUT2D eigenvalue weighted by atomic mass is 10.00. The predicted octanol–water partition coefficient (Wildman–Crippen LogP) is 2.93. The van der Waals surface area contributed by atoms with Crippen LogP contribution in [0.4, 0.5) is 4.39 Å². The first-order chi connectivity index (χ1) is 10.1. The summed E-state index contributed by atoms with van der Waals surface area (Å²) < 4.78 is 29.4. The summed E-state index contributed by atoms with van der Waals surface area (Å²) in [5, 5.41) is 10.4. The van der Waals surface area contributed by atoms with Crippen LogP contribution < -0.4 is 14.2 Å². The minimum Gasteiger partial charge on any atom is -0.497 e. The molecule has 0 aliphatic heterocycles. The van der Waals surface area contributed by atoms with Crippen LogP contribution in [0.2, 0.25) is 0 Å². The van der Waals surface area contributed by atoms with Gasteiger partial charge in [-0.1, -0.05) is 12.1 Å². The first kappa shape index (κ1) is 15.1. The first-order valence-corrected chi connectivity index (χ1v) is 6.34. The standard InChI is InChI=1S/C16H17FO4/c1-19-11-6-4-5-10(7-11)16(18)12-8-14(20-2)15(21-3)9-13(12)17/h4-9,16,18H,1-3H3. The highest BCUT2D eigenvalue weighted by Gasteiger charge is 2.19. The molecule has 0 aliphatic carbocycles. The van der Waals surface area contributed by atoms with Gasteiger partial charge in [0.15, 0.2) is 11.5 Å². The highest BCUT2D eigenvalue weighted by molar-refractivity contribution is 5.46. The van der Waals surface area contributed by atoms with Crippen LogP contribution in [0.5, 0.6) is 17.2 Å². The van der Waals surface area contributed by atoms with Gasteiger partial charge in [0.1, 0.15) is 17.7 Å². The lowest BCUT2D eigenvalue weighted by Gasteiger charge is -2.16. The van der Waals surface area contributed by atoms with Crippen LogP contribution in [0, 0.1) is 5.82 Å². The number of benzene rings is 2. The lowest BCUT2D eigenvalue weighted by molar-refractivity contribution is 0.213. The maximum Gasteiger partial charge on any atom is 0.163 e. The molecule has 0 fully saturated rings. The molecule has 112 valence electrons. The molecule has 2 aromatic carbocycles. The topological polar surface area (TPSA) is 47.9 Å². The van der Waals surface area contributed by atoms with Gasteiger partial charge >= 0.3 is 0 Å². The van der Waals surface area contributed by atoms with Gasteiger partial charge in [-0.05, 0) is 23.8 Å². The Morgan fingerprint density at radius 2 is 1.62 bits per heavy atom. The summed E-state index contributed by atoms with van der Waals surface area (Å²) in [5.74, 6) is 0.655. The normalized spacial score (nSPS) is 11.9. The van der Waals surface area contributed by atoms with Crippen LogP contribution in [0.15, 0.2) is 36.4 Å². The number of ether oxygens (including phenoxy) is 3. The van der Waals surface area contributed by atoms with Crippen molar-refractivity contribution in [1.82, 2.24) is 0 Å².